The van der Waals surface area contributed by atoms with Gasteiger partial charge in [0.15, 0.2) is 0 Å². The third-order valence-electron chi connectivity index (χ3n) is 7.43. The Hall–Kier alpha value is -4.44. The molecule has 9 nitrogen and oxygen atoms in total. The number of amides is 2. The number of carbonyl (C=O) groups is 2. The van der Waals surface area contributed by atoms with Crippen LogP contribution in [-0.4, -0.2) is 76.1 Å². The zero-order valence-electron chi connectivity index (χ0n) is 22.8. The van der Waals surface area contributed by atoms with E-state index in [4.69, 9.17) is 0 Å². The molecule has 1 aliphatic heterocycles. The highest BCUT2D eigenvalue weighted by Gasteiger charge is 2.24. The summed E-state index contributed by atoms with van der Waals surface area (Å²) in [7, 11) is 0. The molecule has 2 amide bonds. The molecule has 0 spiro atoms. The van der Waals surface area contributed by atoms with E-state index in [1.807, 2.05) is 12.1 Å². The zero-order chi connectivity index (χ0) is 28.6. The van der Waals surface area contributed by atoms with E-state index in [2.05, 4.69) is 25.4 Å². The van der Waals surface area contributed by atoms with Crippen molar-refractivity contribution in [2.24, 2.45) is 0 Å². The van der Waals surface area contributed by atoms with Gasteiger partial charge in [-0.05, 0) is 55.3 Å². The van der Waals surface area contributed by atoms with Crippen molar-refractivity contribution in [1.29, 1.82) is 0 Å². The number of unbranched alkanes of at least 4 members (excludes halogenated alkanes) is 2. The summed E-state index contributed by atoms with van der Waals surface area (Å²) in [6, 6.07) is 15.3. The fourth-order valence-electron chi connectivity index (χ4n) is 5.13. The number of hydrogen-bond donors (Lipinski definition) is 2. The lowest BCUT2D eigenvalue weighted by molar-refractivity contribution is 0.0630. The van der Waals surface area contributed by atoms with Crippen LogP contribution < -0.4 is 10.9 Å². The maximum atomic E-state index is 14.8. The number of aromatic amines is 1. The van der Waals surface area contributed by atoms with Crippen molar-refractivity contribution in [2.75, 3.05) is 39.3 Å². The molecule has 0 radical (unpaired) electrons. The summed E-state index contributed by atoms with van der Waals surface area (Å²) < 4.78 is 14.8. The Morgan fingerprint density at radius 3 is 2.54 bits per heavy atom. The van der Waals surface area contributed by atoms with E-state index in [0.29, 0.717) is 42.7 Å². The predicted molar refractivity (Wildman–Crippen MR) is 154 cm³/mol. The van der Waals surface area contributed by atoms with Gasteiger partial charge in [-0.15, -0.1) is 0 Å². The molecule has 3 heterocycles. The summed E-state index contributed by atoms with van der Waals surface area (Å²) >= 11 is 0. The van der Waals surface area contributed by atoms with Crippen LogP contribution in [0, 0.1) is 5.82 Å². The van der Waals surface area contributed by atoms with Crippen molar-refractivity contribution >= 4 is 22.6 Å². The standard InChI is InChI=1S/C31H33FN6O3/c32-27-11-10-22(20-28-24-8-2-3-9-25(24)30(40)36-35-28)19-26(27)31(41)38-17-15-37(16-18-38)14-5-1-4-13-34-29(39)23-7-6-12-33-21-23/h2-3,6-12,19,21H,1,4-5,13-18,20H2,(H,34,39)(H,36,40). The van der Waals surface area contributed by atoms with E-state index in [1.54, 1.807) is 53.7 Å². The normalized spacial score (nSPS) is 13.8. The van der Waals surface area contributed by atoms with Crippen LogP contribution >= 0.6 is 0 Å². The lowest BCUT2D eigenvalue weighted by atomic mass is 10.0. The maximum absolute atomic E-state index is 14.8. The summed E-state index contributed by atoms with van der Waals surface area (Å²) in [5.74, 6) is -0.967. The van der Waals surface area contributed by atoms with Crippen LogP contribution in [0.25, 0.3) is 10.8 Å². The molecular weight excluding hydrogens is 523 g/mol. The summed E-state index contributed by atoms with van der Waals surface area (Å²) in [5.41, 5.74) is 1.76. The maximum Gasteiger partial charge on any atom is 0.272 e. The molecular formula is C31H33FN6O3. The van der Waals surface area contributed by atoms with Crippen LogP contribution in [-0.2, 0) is 6.42 Å². The van der Waals surface area contributed by atoms with E-state index in [-0.39, 0.29) is 22.9 Å². The molecule has 1 aliphatic rings. The monoisotopic (exact) mass is 556 g/mol. The van der Waals surface area contributed by atoms with Gasteiger partial charge in [-0.1, -0.05) is 30.7 Å². The molecule has 2 N–H and O–H groups in total. The van der Waals surface area contributed by atoms with Gasteiger partial charge >= 0.3 is 0 Å². The molecule has 1 fully saturated rings. The number of nitrogens with one attached hydrogen (secondary N) is 2. The van der Waals surface area contributed by atoms with Crippen LogP contribution in [0.15, 0.2) is 71.8 Å². The molecule has 10 heteroatoms. The van der Waals surface area contributed by atoms with E-state index in [1.165, 1.54) is 6.07 Å². The van der Waals surface area contributed by atoms with Crippen LogP contribution in [0.3, 0.4) is 0 Å². The van der Waals surface area contributed by atoms with E-state index >= 15 is 0 Å². The van der Waals surface area contributed by atoms with Gasteiger partial charge in [0.2, 0.25) is 0 Å². The second-order valence-corrected chi connectivity index (χ2v) is 10.2. The minimum atomic E-state index is -0.545. The summed E-state index contributed by atoms with van der Waals surface area (Å²) in [4.78, 5) is 45.4. The van der Waals surface area contributed by atoms with Crippen molar-refractivity contribution < 1.29 is 14.0 Å². The third kappa shape index (κ3) is 7.01. The van der Waals surface area contributed by atoms with Crippen molar-refractivity contribution in [3.63, 3.8) is 0 Å². The highest BCUT2D eigenvalue weighted by molar-refractivity contribution is 5.95. The minimum absolute atomic E-state index is 0.0537. The SMILES string of the molecule is O=C(NCCCCCN1CCN(C(=O)c2cc(Cc3n[nH]c(=O)c4ccccc34)ccc2F)CC1)c1cccnc1. The van der Waals surface area contributed by atoms with Crippen molar-refractivity contribution in [3.05, 3.63) is 106 Å². The zero-order valence-corrected chi connectivity index (χ0v) is 22.8. The highest BCUT2D eigenvalue weighted by atomic mass is 19.1. The number of piperazine rings is 1. The fourth-order valence-corrected chi connectivity index (χ4v) is 5.13. The van der Waals surface area contributed by atoms with E-state index in [9.17, 15) is 18.8 Å². The largest absolute Gasteiger partial charge is 0.352 e. The summed E-state index contributed by atoms with van der Waals surface area (Å²) in [5, 5.41) is 10.9. The molecule has 0 atom stereocenters. The Morgan fingerprint density at radius 1 is 0.951 bits per heavy atom. The molecule has 41 heavy (non-hydrogen) atoms. The van der Waals surface area contributed by atoms with Gasteiger partial charge in [0.05, 0.1) is 22.2 Å². The minimum Gasteiger partial charge on any atom is -0.352 e. The Kier molecular flexibility index (Phi) is 9.10. The first-order valence-corrected chi connectivity index (χ1v) is 13.9. The average Bonchev–Trinajstić information content (AvgIpc) is 3.01. The number of fused-ring (bicyclic) bond motifs is 1. The molecule has 0 unspecified atom stereocenters. The van der Waals surface area contributed by atoms with Gasteiger partial charge in [0, 0.05) is 56.9 Å². The number of rotatable bonds is 10. The van der Waals surface area contributed by atoms with Crippen LogP contribution in [0.5, 0.6) is 0 Å². The number of halogens is 1. The van der Waals surface area contributed by atoms with E-state index in [0.717, 1.165) is 49.8 Å². The Labute approximate surface area is 237 Å². The molecule has 0 aliphatic carbocycles. The summed E-state index contributed by atoms with van der Waals surface area (Å²) in [6.45, 7) is 4.08. The molecule has 0 saturated carbocycles. The molecule has 2 aromatic heterocycles. The van der Waals surface area contributed by atoms with E-state index < -0.39 is 5.82 Å². The molecule has 5 rings (SSSR count). The van der Waals surface area contributed by atoms with Gasteiger partial charge in [0.25, 0.3) is 17.4 Å². The van der Waals surface area contributed by atoms with Crippen LogP contribution in [0.2, 0.25) is 0 Å². The number of nitrogens with zero attached hydrogens (tertiary/aromatic N) is 4. The first kappa shape index (κ1) is 28.1. The topological polar surface area (TPSA) is 111 Å². The van der Waals surface area contributed by atoms with Crippen molar-refractivity contribution in [2.45, 2.75) is 25.7 Å². The van der Waals surface area contributed by atoms with Crippen molar-refractivity contribution in [3.8, 4) is 0 Å². The first-order chi connectivity index (χ1) is 20.0. The number of pyridine rings is 1. The second-order valence-electron chi connectivity index (χ2n) is 10.2. The molecule has 1 saturated heterocycles. The first-order valence-electron chi connectivity index (χ1n) is 13.9. The van der Waals surface area contributed by atoms with Gasteiger partial charge in [-0.2, -0.15) is 5.10 Å². The Bertz CT molecular complexity index is 1570. The van der Waals surface area contributed by atoms with Gasteiger partial charge in [-0.3, -0.25) is 24.3 Å². The number of H-pyrrole nitrogens is 1. The average molecular weight is 557 g/mol. The molecule has 212 valence electrons. The number of aromatic nitrogens is 3. The fraction of sp³-hybridized carbons (Fsp3) is 0.323. The molecule has 0 bridgehead atoms. The Balaban J connectivity index is 1.08. The molecule has 4 aromatic rings. The van der Waals surface area contributed by atoms with Gasteiger partial charge in [-0.25, -0.2) is 9.49 Å². The smallest absolute Gasteiger partial charge is 0.272 e. The summed E-state index contributed by atoms with van der Waals surface area (Å²) in [6.07, 6.45) is 6.44. The van der Waals surface area contributed by atoms with Crippen LogP contribution in [0.1, 0.15) is 51.2 Å². The lowest BCUT2D eigenvalue weighted by Crippen LogP contribution is -2.49. The highest BCUT2D eigenvalue weighted by Crippen LogP contribution is 2.20. The number of benzene rings is 2. The second kappa shape index (κ2) is 13.3. The quantitative estimate of drug-likeness (QED) is 0.290. The lowest BCUT2D eigenvalue weighted by Gasteiger charge is -2.35. The number of carbonyl (C=O) groups excluding carboxylic acids is 2. The number of hydrogen-bond acceptors (Lipinski definition) is 6. The van der Waals surface area contributed by atoms with Crippen molar-refractivity contribution in [1.82, 2.24) is 30.3 Å². The molecule has 2 aromatic carbocycles. The van der Waals surface area contributed by atoms with Crippen LogP contribution in [0.4, 0.5) is 4.39 Å². The predicted octanol–water partition coefficient (Wildman–Crippen LogP) is 3.41. The third-order valence-corrected chi connectivity index (χ3v) is 7.43. The van der Waals surface area contributed by atoms with Gasteiger partial charge < -0.3 is 10.2 Å². The van der Waals surface area contributed by atoms with Gasteiger partial charge in [0.1, 0.15) is 5.82 Å². The Morgan fingerprint density at radius 2 is 1.76 bits per heavy atom.